The summed E-state index contributed by atoms with van der Waals surface area (Å²) in [6, 6.07) is 9.84. The molecule has 0 aliphatic rings. The van der Waals surface area contributed by atoms with Gasteiger partial charge in [0.2, 0.25) is 0 Å². The maximum atomic E-state index is 12.4. The van der Waals surface area contributed by atoms with E-state index in [-0.39, 0.29) is 11.6 Å². The molecule has 5 N–H and O–H groups in total. The molecule has 2 aromatic carbocycles. The van der Waals surface area contributed by atoms with Crippen molar-refractivity contribution < 1.29 is 20.0 Å². The Balaban J connectivity index is 1.54. The molecule has 176 valence electrons. The van der Waals surface area contributed by atoms with Crippen molar-refractivity contribution in [3.63, 3.8) is 0 Å². The van der Waals surface area contributed by atoms with Gasteiger partial charge in [-0.05, 0) is 48.6 Å². The van der Waals surface area contributed by atoms with Crippen molar-refractivity contribution in [2.24, 2.45) is 0 Å². The lowest BCUT2D eigenvalue weighted by Crippen LogP contribution is -2.25. The number of rotatable bonds is 12. The van der Waals surface area contributed by atoms with Crippen LogP contribution in [0.1, 0.15) is 53.6 Å². The number of benzene rings is 2. The molecule has 3 rings (SSSR count). The Bertz CT molecular complexity index is 1120. The molecule has 1 heterocycles. The number of non-ortho nitro benzene ring substituents is 1. The number of halogens is 1. The second-order valence-electron chi connectivity index (χ2n) is 7.89. The molecule has 9 nitrogen and oxygen atoms in total. The Labute approximate surface area is 195 Å². The predicted octanol–water partition coefficient (Wildman–Crippen LogP) is 4.30. The first-order chi connectivity index (χ1) is 15.9. The molecule has 0 spiro atoms. The van der Waals surface area contributed by atoms with Gasteiger partial charge in [0.1, 0.15) is 6.23 Å². The lowest BCUT2D eigenvalue weighted by molar-refractivity contribution is -0.384. The molecule has 0 aliphatic heterocycles. The highest BCUT2D eigenvalue weighted by Crippen LogP contribution is 2.28. The smallest absolute Gasteiger partial charge is 0.270 e. The number of aliphatic hydroxyl groups excluding tert-OH is 1. The highest BCUT2D eigenvalue weighted by Gasteiger charge is 2.13. The summed E-state index contributed by atoms with van der Waals surface area (Å²) in [5.74, 6) is -0.203. The third kappa shape index (κ3) is 6.75. The van der Waals surface area contributed by atoms with Crippen LogP contribution in [-0.4, -0.2) is 38.9 Å². The molecule has 0 radical (unpaired) electrons. The minimum Gasteiger partial charge on any atom is -0.377 e. The number of carbonyl (C=O) groups is 1. The number of aliphatic hydroxyl groups is 1. The highest BCUT2D eigenvalue weighted by atomic mass is 35.5. The molecule has 1 unspecified atom stereocenters. The fourth-order valence-corrected chi connectivity index (χ4v) is 3.90. The largest absolute Gasteiger partial charge is 0.377 e. The third-order valence-corrected chi connectivity index (χ3v) is 5.85. The van der Waals surface area contributed by atoms with E-state index in [9.17, 15) is 20.0 Å². The fraction of sp³-hybridized carbons (Fsp3) is 0.348. The van der Waals surface area contributed by atoms with Crippen molar-refractivity contribution in [2.45, 2.75) is 44.8 Å². The number of carbonyl (C=O) groups excluding carboxylic acids is 1. The number of aromatic amines is 1. The van der Waals surface area contributed by atoms with Gasteiger partial charge < -0.3 is 20.6 Å². The highest BCUT2D eigenvalue weighted by molar-refractivity contribution is 6.31. The number of fused-ring (bicyclic) bond motifs is 1. The van der Waals surface area contributed by atoms with E-state index in [1.54, 1.807) is 35.8 Å². The van der Waals surface area contributed by atoms with Crippen molar-refractivity contribution in [3.8, 4) is 0 Å². The number of hydrogen-bond donors (Lipinski definition) is 5. The Hall–Kier alpha value is -2.98. The van der Waals surface area contributed by atoms with Crippen molar-refractivity contribution in [2.75, 3.05) is 6.54 Å². The normalized spacial score (nSPS) is 12.1. The van der Waals surface area contributed by atoms with Crippen molar-refractivity contribution in [1.82, 2.24) is 15.8 Å². The molecular weight excluding hydrogens is 448 g/mol. The molecule has 0 bridgehead atoms. The average Bonchev–Trinajstić information content (AvgIpc) is 3.21. The quantitative estimate of drug-likeness (QED) is 0.115. The Morgan fingerprint density at radius 3 is 2.64 bits per heavy atom. The Morgan fingerprint density at radius 2 is 1.91 bits per heavy atom. The van der Waals surface area contributed by atoms with Gasteiger partial charge in [0.25, 0.3) is 11.6 Å². The first-order valence-electron chi connectivity index (χ1n) is 10.8. The van der Waals surface area contributed by atoms with Gasteiger partial charge in [-0.15, -0.1) is 0 Å². The average molecular weight is 475 g/mol. The summed E-state index contributed by atoms with van der Waals surface area (Å²) in [5.41, 5.74) is 4.81. The summed E-state index contributed by atoms with van der Waals surface area (Å²) < 4.78 is 0. The lowest BCUT2D eigenvalue weighted by Gasteiger charge is -2.09. The van der Waals surface area contributed by atoms with E-state index in [1.807, 2.05) is 6.20 Å². The number of hydroxylamine groups is 1. The van der Waals surface area contributed by atoms with Crippen LogP contribution in [0.5, 0.6) is 0 Å². The number of unbranched alkanes of at least 4 members (excludes halogenated alkanes) is 3. The number of nitrogens with one attached hydrogen (secondary N) is 3. The monoisotopic (exact) mass is 474 g/mol. The van der Waals surface area contributed by atoms with E-state index in [0.717, 1.165) is 47.7 Å². The van der Waals surface area contributed by atoms with Crippen LogP contribution in [0.15, 0.2) is 42.6 Å². The summed E-state index contributed by atoms with van der Waals surface area (Å²) in [6.07, 6.45) is 5.26. The zero-order chi connectivity index (χ0) is 23.8. The maximum absolute atomic E-state index is 12.4. The number of nitrogens with zero attached hydrogens (tertiary/aromatic N) is 1. The van der Waals surface area contributed by atoms with Gasteiger partial charge in [-0.2, -0.15) is 5.48 Å². The number of amides is 1. The maximum Gasteiger partial charge on any atom is 0.270 e. The van der Waals surface area contributed by atoms with Crippen LogP contribution in [0.4, 0.5) is 5.69 Å². The van der Waals surface area contributed by atoms with Gasteiger partial charge in [0.05, 0.1) is 4.92 Å². The van der Waals surface area contributed by atoms with Gasteiger partial charge in [-0.25, -0.2) is 0 Å². The molecule has 0 saturated heterocycles. The van der Waals surface area contributed by atoms with Crippen LogP contribution in [0.2, 0.25) is 5.02 Å². The predicted molar refractivity (Wildman–Crippen MR) is 126 cm³/mol. The summed E-state index contributed by atoms with van der Waals surface area (Å²) in [4.78, 5) is 26.2. The number of nitro groups is 1. The van der Waals surface area contributed by atoms with E-state index in [0.29, 0.717) is 30.0 Å². The molecule has 10 heteroatoms. The van der Waals surface area contributed by atoms with Gasteiger partial charge in [-0.3, -0.25) is 14.9 Å². The summed E-state index contributed by atoms with van der Waals surface area (Å²) in [6.45, 7) is 0.535. The number of nitro benzene ring substituents is 1. The van der Waals surface area contributed by atoms with Crippen molar-refractivity contribution >= 4 is 34.1 Å². The minimum absolute atomic E-state index is 0.0289. The van der Waals surface area contributed by atoms with Crippen LogP contribution in [-0.2, 0) is 6.42 Å². The first-order valence-corrected chi connectivity index (χ1v) is 11.2. The molecule has 1 aromatic heterocycles. The Kier molecular flexibility index (Phi) is 8.79. The van der Waals surface area contributed by atoms with Crippen LogP contribution in [0.25, 0.3) is 10.9 Å². The summed E-state index contributed by atoms with van der Waals surface area (Å²) >= 11 is 6.44. The van der Waals surface area contributed by atoms with Crippen LogP contribution in [0, 0.1) is 10.1 Å². The topological polar surface area (TPSA) is 141 Å². The van der Waals surface area contributed by atoms with Gasteiger partial charge in [-0.1, -0.05) is 30.5 Å². The van der Waals surface area contributed by atoms with Gasteiger partial charge in [0, 0.05) is 52.8 Å². The van der Waals surface area contributed by atoms with E-state index in [2.05, 4.69) is 10.3 Å². The van der Waals surface area contributed by atoms with Crippen molar-refractivity contribution in [3.05, 3.63) is 74.4 Å². The minimum atomic E-state index is -0.896. The standard InChI is InChI=1S/C23H27ClN4O5/c24-20-12-16(23(30)25-10-4-2-1-3-5-22(29)27-31)7-6-15(20)11-17-14-26-21-9-8-18(28(32)33)13-19(17)21/h6-9,12-14,22,26-27,29,31H,1-5,10-11H2,(H,25,30). The lowest BCUT2D eigenvalue weighted by atomic mass is 10.0. The van der Waals surface area contributed by atoms with E-state index < -0.39 is 11.2 Å². The van der Waals surface area contributed by atoms with Crippen LogP contribution in [0.3, 0.4) is 0 Å². The molecule has 0 fully saturated rings. The van der Waals surface area contributed by atoms with Crippen LogP contribution < -0.4 is 10.8 Å². The molecule has 33 heavy (non-hydrogen) atoms. The van der Waals surface area contributed by atoms with Gasteiger partial charge >= 0.3 is 0 Å². The Morgan fingerprint density at radius 1 is 1.12 bits per heavy atom. The molecule has 0 saturated carbocycles. The zero-order valence-corrected chi connectivity index (χ0v) is 18.8. The van der Waals surface area contributed by atoms with E-state index >= 15 is 0 Å². The fourth-order valence-electron chi connectivity index (χ4n) is 3.65. The van der Waals surface area contributed by atoms with Crippen molar-refractivity contribution in [1.29, 1.82) is 0 Å². The molecular formula is C23H27ClN4O5. The van der Waals surface area contributed by atoms with Crippen LogP contribution >= 0.6 is 11.6 Å². The number of aromatic nitrogens is 1. The van der Waals surface area contributed by atoms with Gasteiger partial charge in [0.15, 0.2) is 0 Å². The zero-order valence-electron chi connectivity index (χ0n) is 18.0. The number of hydrogen-bond acceptors (Lipinski definition) is 6. The number of H-pyrrole nitrogens is 1. The second kappa shape index (κ2) is 11.8. The third-order valence-electron chi connectivity index (χ3n) is 5.50. The second-order valence-corrected chi connectivity index (χ2v) is 8.29. The molecule has 3 aromatic rings. The summed E-state index contributed by atoms with van der Waals surface area (Å²) in [5, 5.41) is 32.9. The van der Waals surface area contributed by atoms with E-state index in [4.69, 9.17) is 16.8 Å². The SMILES string of the molecule is O=C(NCCCCCCC(O)NO)c1ccc(Cc2c[nH]c3ccc([N+](=O)[O-])cc23)c(Cl)c1. The molecule has 1 amide bonds. The van der Waals surface area contributed by atoms with E-state index in [1.165, 1.54) is 6.07 Å². The summed E-state index contributed by atoms with van der Waals surface area (Å²) in [7, 11) is 0. The molecule has 0 aliphatic carbocycles. The first kappa shape index (κ1) is 24.7. The molecule has 1 atom stereocenters.